The van der Waals surface area contributed by atoms with Crippen molar-refractivity contribution >= 4 is 23.2 Å². The van der Waals surface area contributed by atoms with Gasteiger partial charge in [-0.3, -0.25) is 4.79 Å². The Balaban J connectivity index is 1.82. The van der Waals surface area contributed by atoms with Crippen molar-refractivity contribution in [2.24, 2.45) is 0 Å². The number of anilines is 1. The van der Waals surface area contributed by atoms with Gasteiger partial charge in [-0.05, 0) is 31.2 Å². The van der Waals surface area contributed by atoms with Gasteiger partial charge < -0.3 is 24.3 Å². The van der Waals surface area contributed by atoms with Crippen LogP contribution in [0.3, 0.4) is 0 Å². The van der Waals surface area contributed by atoms with Gasteiger partial charge in [0, 0.05) is 17.3 Å². The van der Waals surface area contributed by atoms with Crippen molar-refractivity contribution < 1.29 is 23.7 Å². The van der Waals surface area contributed by atoms with E-state index < -0.39 is 0 Å². The van der Waals surface area contributed by atoms with Gasteiger partial charge in [-0.2, -0.15) is 0 Å². The summed E-state index contributed by atoms with van der Waals surface area (Å²) in [6.07, 6.45) is 0. The predicted molar refractivity (Wildman–Crippen MR) is 94.6 cm³/mol. The Hall–Kier alpha value is -2.60. The molecule has 3 rings (SSSR count). The van der Waals surface area contributed by atoms with Crippen LogP contribution in [0.25, 0.3) is 0 Å². The van der Waals surface area contributed by atoms with E-state index in [2.05, 4.69) is 5.32 Å². The van der Waals surface area contributed by atoms with E-state index in [1.807, 2.05) is 6.92 Å². The van der Waals surface area contributed by atoms with Gasteiger partial charge in [0.15, 0.2) is 23.0 Å². The molecule has 0 saturated heterocycles. The molecule has 1 heterocycles. The molecule has 7 heteroatoms. The van der Waals surface area contributed by atoms with Crippen LogP contribution in [-0.4, -0.2) is 32.8 Å². The van der Waals surface area contributed by atoms with Crippen LogP contribution in [0.5, 0.6) is 23.0 Å². The molecule has 25 heavy (non-hydrogen) atoms. The summed E-state index contributed by atoms with van der Waals surface area (Å²) in [4.78, 5) is 12.5. The number of carbonyl (C=O) groups is 1. The molecule has 2 aromatic carbocycles. The molecule has 0 saturated carbocycles. The Morgan fingerprint density at radius 3 is 2.68 bits per heavy atom. The van der Waals surface area contributed by atoms with E-state index in [-0.39, 0.29) is 5.91 Å². The molecule has 0 radical (unpaired) electrons. The lowest BCUT2D eigenvalue weighted by atomic mass is 10.1. The Bertz CT molecular complexity index is 793. The number of hydrogen-bond acceptors (Lipinski definition) is 5. The van der Waals surface area contributed by atoms with Gasteiger partial charge in [0.1, 0.15) is 13.2 Å². The minimum absolute atomic E-state index is 0.313. The van der Waals surface area contributed by atoms with Gasteiger partial charge in [0.2, 0.25) is 0 Å². The SMILES string of the molecule is CCOc1c(Cl)cc(C(=O)Nc2ccc3c(c2)OCCO3)cc1OC. The van der Waals surface area contributed by atoms with Crippen molar-refractivity contribution in [3.63, 3.8) is 0 Å². The first-order valence-electron chi connectivity index (χ1n) is 7.83. The Labute approximate surface area is 150 Å². The zero-order chi connectivity index (χ0) is 17.8. The molecule has 0 aliphatic carbocycles. The average Bonchev–Trinajstić information content (AvgIpc) is 2.63. The third-order valence-electron chi connectivity index (χ3n) is 3.58. The van der Waals surface area contributed by atoms with Gasteiger partial charge >= 0.3 is 0 Å². The zero-order valence-electron chi connectivity index (χ0n) is 13.9. The van der Waals surface area contributed by atoms with Crippen LogP contribution in [0.1, 0.15) is 17.3 Å². The molecule has 132 valence electrons. The van der Waals surface area contributed by atoms with Crippen molar-refractivity contribution in [1.82, 2.24) is 0 Å². The number of nitrogens with one attached hydrogen (secondary N) is 1. The van der Waals surface area contributed by atoms with E-state index in [9.17, 15) is 4.79 Å². The number of benzene rings is 2. The number of methoxy groups -OCH3 is 1. The zero-order valence-corrected chi connectivity index (χ0v) is 14.7. The third kappa shape index (κ3) is 3.74. The van der Waals surface area contributed by atoms with Gasteiger partial charge in [-0.25, -0.2) is 0 Å². The summed E-state index contributed by atoms with van der Waals surface area (Å²) in [5.41, 5.74) is 0.957. The average molecular weight is 364 g/mol. The molecular formula is C18H18ClNO5. The molecule has 1 aliphatic heterocycles. The quantitative estimate of drug-likeness (QED) is 0.875. The second-order valence-corrected chi connectivity index (χ2v) is 5.64. The molecule has 2 aromatic rings. The van der Waals surface area contributed by atoms with Gasteiger partial charge in [0.05, 0.1) is 18.7 Å². The lowest BCUT2D eigenvalue weighted by molar-refractivity contribution is 0.102. The summed E-state index contributed by atoms with van der Waals surface area (Å²) in [5.74, 6) is 1.77. The number of fused-ring (bicyclic) bond motifs is 1. The second kappa shape index (κ2) is 7.53. The second-order valence-electron chi connectivity index (χ2n) is 5.24. The number of rotatable bonds is 5. The highest BCUT2D eigenvalue weighted by Gasteiger charge is 2.17. The van der Waals surface area contributed by atoms with Gasteiger partial charge in [-0.15, -0.1) is 0 Å². The standard InChI is InChI=1S/C18H18ClNO5/c1-3-23-17-13(19)8-11(9-16(17)22-2)18(21)20-12-4-5-14-15(10-12)25-7-6-24-14/h4-5,8-10H,3,6-7H2,1-2H3,(H,20,21). The van der Waals surface area contributed by atoms with E-state index in [0.29, 0.717) is 59.1 Å². The van der Waals surface area contributed by atoms with E-state index in [1.165, 1.54) is 7.11 Å². The van der Waals surface area contributed by atoms with E-state index >= 15 is 0 Å². The fourth-order valence-corrected chi connectivity index (χ4v) is 2.72. The Kier molecular flexibility index (Phi) is 5.19. The molecular weight excluding hydrogens is 346 g/mol. The number of carbonyl (C=O) groups excluding carboxylic acids is 1. The molecule has 0 atom stereocenters. The van der Waals surface area contributed by atoms with Crippen molar-refractivity contribution in [2.45, 2.75) is 6.92 Å². The number of halogens is 1. The molecule has 1 amide bonds. The first-order chi connectivity index (χ1) is 12.1. The van der Waals surface area contributed by atoms with Crippen LogP contribution in [0.15, 0.2) is 30.3 Å². The van der Waals surface area contributed by atoms with Crippen molar-refractivity contribution in [3.05, 3.63) is 40.9 Å². The van der Waals surface area contributed by atoms with Crippen LogP contribution >= 0.6 is 11.6 Å². The number of amides is 1. The molecule has 1 N–H and O–H groups in total. The monoisotopic (exact) mass is 363 g/mol. The summed E-state index contributed by atoms with van der Waals surface area (Å²) in [6, 6.07) is 8.36. The van der Waals surface area contributed by atoms with Crippen LogP contribution in [0, 0.1) is 0 Å². The lowest BCUT2D eigenvalue weighted by Gasteiger charge is -2.19. The maximum Gasteiger partial charge on any atom is 0.255 e. The largest absolute Gasteiger partial charge is 0.493 e. The minimum atomic E-state index is -0.320. The third-order valence-corrected chi connectivity index (χ3v) is 3.86. The topological polar surface area (TPSA) is 66.0 Å². The first kappa shape index (κ1) is 17.2. The van der Waals surface area contributed by atoms with E-state index in [4.69, 9.17) is 30.5 Å². The maximum absolute atomic E-state index is 12.5. The van der Waals surface area contributed by atoms with Crippen LogP contribution in [-0.2, 0) is 0 Å². The fourth-order valence-electron chi connectivity index (χ4n) is 2.46. The summed E-state index contributed by atoms with van der Waals surface area (Å²) >= 11 is 6.21. The highest BCUT2D eigenvalue weighted by atomic mass is 35.5. The van der Waals surface area contributed by atoms with E-state index in [0.717, 1.165) is 0 Å². The molecule has 0 aromatic heterocycles. The predicted octanol–water partition coefficient (Wildman–Crippen LogP) is 3.77. The molecule has 6 nitrogen and oxygen atoms in total. The number of hydrogen-bond donors (Lipinski definition) is 1. The van der Waals surface area contributed by atoms with E-state index in [1.54, 1.807) is 30.3 Å². The Morgan fingerprint density at radius 2 is 1.96 bits per heavy atom. The summed E-state index contributed by atoms with van der Waals surface area (Å²) in [5, 5.41) is 3.12. The minimum Gasteiger partial charge on any atom is -0.493 e. The molecule has 0 unspecified atom stereocenters. The molecule has 0 spiro atoms. The first-order valence-corrected chi connectivity index (χ1v) is 8.21. The van der Waals surface area contributed by atoms with Crippen LogP contribution < -0.4 is 24.3 Å². The van der Waals surface area contributed by atoms with Crippen LogP contribution in [0.4, 0.5) is 5.69 Å². The number of ether oxygens (including phenoxy) is 4. The molecule has 0 bridgehead atoms. The maximum atomic E-state index is 12.5. The highest BCUT2D eigenvalue weighted by molar-refractivity contribution is 6.32. The van der Waals surface area contributed by atoms with Crippen molar-refractivity contribution in [3.8, 4) is 23.0 Å². The lowest BCUT2D eigenvalue weighted by Crippen LogP contribution is -2.16. The van der Waals surface area contributed by atoms with Gasteiger partial charge in [0.25, 0.3) is 5.91 Å². The Morgan fingerprint density at radius 1 is 1.20 bits per heavy atom. The normalized spacial score (nSPS) is 12.4. The summed E-state index contributed by atoms with van der Waals surface area (Å²) in [6.45, 7) is 3.29. The molecule has 1 aliphatic rings. The van der Waals surface area contributed by atoms with Crippen molar-refractivity contribution in [1.29, 1.82) is 0 Å². The smallest absolute Gasteiger partial charge is 0.255 e. The van der Waals surface area contributed by atoms with Crippen molar-refractivity contribution in [2.75, 3.05) is 32.2 Å². The van der Waals surface area contributed by atoms with Gasteiger partial charge in [-0.1, -0.05) is 11.6 Å². The fraction of sp³-hybridized carbons (Fsp3) is 0.278. The summed E-state index contributed by atoms with van der Waals surface area (Å²) in [7, 11) is 1.50. The highest BCUT2D eigenvalue weighted by Crippen LogP contribution is 2.37. The molecule has 0 fully saturated rings. The summed E-state index contributed by atoms with van der Waals surface area (Å²) < 4.78 is 21.7. The van der Waals surface area contributed by atoms with Crippen LogP contribution in [0.2, 0.25) is 5.02 Å².